The van der Waals surface area contributed by atoms with Gasteiger partial charge in [-0.3, -0.25) is 9.36 Å². The highest BCUT2D eigenvalue weighted by molar-refractivity contribution is 7.90. The van der Waals surface area contributed by atoms with Crippen molar-refractivity contribution < 1.29 is 37.3 Å². The summed E-state index contributed by atoms with van der Waals surface area (Å²) in [7, 11) is -1.86. The standard InChI is InChI=1S/C37H35N5O9S/c1-4-51-35-34(44)42(37(46)40(35)22-24-13-7-5-8-14-24)31(33(43)39-28-21-26(36(45)50-3)19-20-29(28)49-2)32-38-27-17-11-12-18-30(27)52(47,48)41(32)23-25-15-9-6-10-16-25/h5-21,31,44H,4,22-23H2,1-3H3,(H,39,43). The lowest BCUT2D eigenvalue weighted by atomic mass is 10.1. The molecule has 2 N–H and O–H groups in total. The lowest BCUT2D eigenvalue weighted by Crippen LogP contribution is -2.48. The van der Waals surface area contributed by atoms with Gasteiger partial charge in [0.2, 0.25) is 0 Å². The first kappa shape index (κ1) is 35.5. The molecule has 268 valence electrons. The second-order valence-electron chi connectivity index (χ2n) is 11.5. The zero-order chi connectivity index (χ0) is 37.0. The van der Waals surface area contributed by atoms with Crippen molar-refractivity contribution in [2.24, 2.45) is 4.99 Å². The van der Waals surface area contributed by atoms with Gasteiger partial charge in [-0.05, 0) is 48.4 Å². The molecule has 1 aromatic heterocycles. The molecule has 1 aliphatic heterocycles. The lowest BCUT2D eigenvalue weighted by molar-refractivity contribution is -0.117. The number of hydrogen-bond donors (Lipinski definition) is 2. The first-order valence-corrected chi connectivity index (χ1v) is 17.5. The lowest BCUT2D eigenvalue weighted by Gasteiger charge is -2.33. The molecule has 4 aromatic carbocycles. The second-order valence-corrected chi connectivity index (χ2v) is 13.4. The van der Waals surface area contributed by atoms with E-state index in [1.54, 1.807) is 73.7 Å². The summed E-state index contributed by atoms with van der Waals surface area (Å²) in [6.45, 7) is 1.37. The molecular formula is C37H35N5O9S. The molecule has 1 aliphatic rings. The fraction of sp³-hybridized carbons (Fsp3) is 0.189. The maximum atomic E-state index is 14.8. The number of aliphatic imine (C=N–C) groups is 1. The van der Waals surface area contributed by atoms with Crippen molar-refractivity contribution in [1.82, 2.24) is 13.4 Å². The molecule has 1 atom stereocenters. The number of amidine groups is 1. The Kier molecular flexibility index (Phi) is 10.1. The summed E-state index contributed by atoms with van der Waals surface area (Å²) in [6, 6.07) is 25.8. The van der Waals surface area contributed by atoms with E-state index < -0.39 is 39.5 Å². The van der Waals surface area contributed by atoms with Gasteiger partial charge in [0.15, 0.2) is 11.9 Å². The molecule has 0 radical (unpaired) electrons. The zero-order valence-electron chi connectivity index (χ0n) is 28.4. The van der Waals surface area contributed by atoms with E-state index in [9.17, 15) is 27.9 Å². The minimum Gasteiger partial charge on any atom is -0.495 e. The van der Waals surface area contributed by atoms with Crippen LogP contribution in [0.25, 0.3) is 0 Å². The average Bonchev–Trinajstić information content (AvgIpc) is 3.37. The molecule has 0 saturated heterocycles. The molecule has 1 amide bonds. The molecule has 5 aromatic rings. The molecule has 6 rings (SSSR count). The van der Waals surface area contributed by atoms with E-state index >= 15 is 0 Å². The predicted molar refractivity (Wildman–Crippen MR) is 192 cm³/mol. The van der Waals surface area contributed by atoms with Crippen LogP contribution in [0, 0.1) is 0 Å². The number of hydrogen-bond acceptors (Lipinski definition) is 10. The van der Waals surface area contributed by atoms with Gasteiger partial charge < -0.3 is 24.6 Å². The number of aromatic nitrogens is 2. The van der Waals surface area contributed by atoms with Crippen molar-refractivity contribution in [3.63, 3.8) is 0 Å². The molecule has 0 fully saturated rings. The summed E-state index contributed by atoms with van der Waals surface area (Å²) in [4.78, 5) is 46.3. The number of sulfonamides is 1. The van der Waals surface area contributed by atoms with Crippen molar-refractivity contribution in [2.75, 3.05) is 26.1 Å². The van der Waals surface area contributed by atoms with Gasteiger partial charge in [-0.15, -0.1) is 0 Å². The van der Waals surface area contributed by atoms with E-state index in [1.807, 2.05) is 6.07 Å². The maximum absolute atomic E-state index is 14.8. The van der Waals surface area contributed by atoms with Crippen LogP contribution in [0.2, 0.25) is 0 Å². The van der Waals surface area contributed by atoms with Crippen molar-refractivity contribution in [1.29, 1.82) is 0 Å². The van der Waals surface area contributed by atoms with E-state index in [1.165, 1.54) is 44.6 Å². The number of benzene rings is 4. The number of esters is 1. The Balaban J connectivity index is 1.61. The number of fused-ring (bicyclic) bond motifs is 1. The van der Waals surface area contributed by atoms with Gasteiger partial charge >= 0.3 is 11.7 Å². The Labute approximate surface area is 299 Å². The molecule has 52 heavy (non-hydrogen) atoms. The SMILES string of the molecule is CCOc1c(O)n(C(C(=O)Nc2cc(C(=O)OC)ccc2OC)C2=Nc3ccccc3S(=O)(=O)N2Cc2ccccc2)c(=O)n1Cc1ccccc1. The highest BCUT2D eigenvalue weighted by Crippen LogP contribution is 2.39. The summed E-state index contributed by atoms with van der Waals surface area (Å²) < 4.78 is 47.8. The van der Waals surface area contributed by atoms with Crippen LogP contribution in [0.15, 0.2) is 118 Å². The van der Waals surface area contributed by atoms with Gasteiger partial charge in [-0.1, -0.05) is 72.8 Å². The zero-order valence-corrected chi connectivity index (χ0v) is 29.2. The number of para-hydroxylation sites is 1. The second kappa shape index (κ2) is 14.9. The molecule has 2 heterocycles. The van der Waals surface area contributed by atoms with Gasteiger partial charge in [-0.25, -0.2) is 31.9 Å². The van der Waals surface area contributed by atoms with Crippen LogP contribution >= 0.6 is 0 Å². The van der Waals surface area contributed by atoms with Gasteiger partial charge in [0, 0.05) is 0 Å². The van der Waals surface area contributed by atoms with Gasteiger partial charge in [-0.2, -0.15) is 0 Å². The number of nitrogens with zero attached hydrogens (tertiary/aromatic N) is 4. The highest BCUT2D eigenvalue weighted by atomic mass is 32.2. The molecule has 0 spiro atoms. The molecular weight excluding hydrogens is 690 g/mol. The predicted octanol–water partition coefficient (Wildman–Crippen LogP) is 4.71. The molecule has 0 bridgehead atoms. The number of imidazole rings is 1. The number of methoxy groups -OCH3 is 2. The molecule has 15 heteroatoms. The van der Waals surface area contributed by atoms with E-state index in [0.29, 0.717) is 11.1 Å². The quantitative estimate of drug-likeness (QED) is 0.173. The van der Waals surface area contributed by atoms with E-state index in [-0.39, 0.29) is 59.0 Å². The summed E-state index contributed by atoms with van der Waals surface area (Å²) in [5, 5.41) is 14.5. The Morgan fingerprint density at radius 2 is 1.52 bits per heavy atom. The molecule has 14 nitrogen and oxygen atoms in total. The third-order valence-corrected chi connectivity index (χ3v) is 10.1. The Morgan fingerprint density at radius 1 is 0.885 bits per heavy atom. The van der Waals surface area contributed by atoms with Gasteiger partial charge in [0.05, 0.1) is 50.9 Å². The summed E-state index contributed by atoms with van der Waals surface area (Å²) in [6.07, 6.45) is 0. The van der Waals surface area contributed by atoms with Crippen LogP contribution in [-0.4, -0.2) is 65.5 Å². The Hall–Kier alpha value is -6.35. The van der Waals surface area contributed by atoms with Crippen molar-refractivity contribution >= 4 is 39.1 Å². The average molecular weight is 726 g/mol. The van der Waals surface area contributed by atoms with E-state index in [4.69, 9.17) is 14.2 Å². The van der Waals surface area contributed by atoms with Crippen LogP contribution in [0.1, 0.15) is 34.5 Å². The fourth-order valence-corrected chi connectivity index (χ4v) is 7.42. The van der Waals surface area contributed by atoms with Crippen molar-refractivity contribution in [3.05, 3.63) is 130 Å². The topological polar surface area (TPSA) is 171 Å². The third kappa shape index (κ3) is 6.73. The minimum atomic E-state index is -4.41. The largest absolute Gasteiger partial charge is 0.495 e. The number of anilines is 1. The number of nitrogens with one attached hydrogen (secondary N) is 1. The van der Waals surface area contributed by atoms with Crippen LogP contribution in [0.3, 0.4) is 0 Å². The Bertz CT molecular complexity index is 2320. The van der Waals surface area contributed by atoms with Crippen LogP contribution in [-0.2, 0) is 32.6 Å². The van der Waals surface area contributed by atoms with Gasteiger partial charge in [0.1, 0.15) is 10.6 Å². The summed E-state index contributed by atoms with van der Waals surface area (Å²) in [5.41, 5.74) is 0.435. The molecule has 0 aliphatic carbocycles. The van der Waals surface area contributed by atoms with Gasteiger partial charge in [0.25, 0.3) is 27.7 Å². The summed E-state index contributed by atoms with van der Waals surface area (Å²) >= 11 is 0. The molecule has 1 unspecified atom stereocenters. The van der Waals surface area contributed by atoms with E-state index in [0.717, 1.165) is 13.4 Å². The number of carbonyl (C=O) groups is 2. The fourth-order valence-electron chi connectivity index (χ4n) is 5.85. The smallest absolute Gasteiger partial charge is 0.337 e. The van der Waals surface area contributed by atoms with Crippen molar-refractivity contribution in [3.8, 4) is 17.5 Å². The number of amides is 1. The maximum Gasteiger partial charge on any atom is 0.337 e. The van der Waals surface area contributed by atoms with Crippen LogP contribution < -0.4 is 20.5 Å². The highest BCUT2D eigenvalue weighted by Gasteiger charge is 2.44. The number of ether oxygens (including phenoxy) is 3. The molecule has 0 saturated carbocycles. The number of rotatable bonds is 12. The Morgan fingerprint density at radius 3 is 2.15 bits per heavy atom. The third-order valence-electron chi connectivity index (χ3n) is 8.29. The van der Waals surface area contributed by atoms with Crippen molar-refractivity contribution in [2.45, 2.75) is 31.0 Å². The minimum absolute atomic E-state index is 0.00374. The van der Waals surface area contributed by atoms with Crippen LogP contribution in [0.4, 0.5) is 11.4 Å². The normalized spacial score (nSPS) is 13.8. The number of aromatic hydroxyl groups is 1. The van der Waals surface area contributed by atoms with Crippen LogP contribution in [0.5, 0.6) is 17.5 Å². The monoisotopic (exact) mass is 725 g/mol. The van der Waals surface area contributed by atoms with E-state index in [2.05, 4.69) is 10.3 Å². The summed E-state index contributed by atoms with van der Waals surface area (Å²) in [5.74, 6) is -2.93. The first-order valence-electron chi connectivity index (χ1n) is 16.1. The number of carbonyl (C=O) groups excluding carboxylic acids is 2. The first-order chi connectivity index (χ1) is 25.1.